The molecule has 1 aromatic rings. The van der Waals surface area contributed by atoms with E-state index in [4.69, 9.17) is 18.9 Å². The molecule has 0 saturated carbocycles. The highest BCUT2D eigenvalue weighted by Gasteiger charge is 2.34. The Labute approximate surface area is 153 Å². The molecule has 1 N–H and O–H groups in total. The summed E-state index contributed by atoms with van der Waals surface area (Å²) in [5.74, 6) is 0.185. The van der Waals surface area contributed by atoms with E-state index >= 15 is 0 Å². The highest BCUT2D eigenvalue weighted by Crippen LogP contribution is 2.20. The normalized spacial score (nSPS) is 17.2. The number of amides is 1. The number of nitrogens with one attached hydrogen (secondary N) is 1. The van der Waals surface area contributed by atoms with Crippen molar-refractivity contribution in [3.05, 3.63) is 29.8 Å². The van der Waals surface area contributed by atoms with Gasteiger partial charge < -0.3 is 24.3 Å². The van der Waals surface area contributed by atoms with Crippen LogP contribution in [0.15, 0.2) is 24.3 Å². The molecule has 26 heavy (non-hydrogen) atoms. The first kappa shape index (κ1) is 20.0. The van der Waals surface area contributed by atoms with E-state index in [1.807, 2.05) is 32.9 Å². The molecule has 1 aromatic carbocycles. The smallest absolute Gasteiger partial charge is 0.407 e. The Hall–Kier alpha value is -2.28. The van der Waals surface area contributed by atoms with Crippen LogP contribution in [0.2, 0.25) is 0 Å². The highest BCUT2D eigenvalue weighted by atomic mass is 16.6. The third-order valence-corrected chi connectivity index (χ3v) is 3.55. The van der Waals surface area contributed by atoms with Crippen LogP contribution < -0.4 is 10.1 Å². The lowest BCUT2D eigenvalue weighted by atomic mass is 10.0. The van der Waals surface area contributed by atoms with E-state index in [9.17, 15) is 9.59 Å². The van der Waals surface area contributed by atoms with Crippen LogP contribution in [-0.2, 0) is 25.4 Å². The van der Waals surface area contributed by atoms with Gasteiger partial charge in [0.25, 0.3) is 0 Å². The van der Waals surface area contributed by atoms with Crippen LogP contribution in [0.3, 0.4) is 0 Å². The molecule has 2 atom stereocenters. The van der Waals surface area contributed by atoms with E-state index in [1.54, 1.807) is 19.1 Å². The molecule has 7 nitrogen and oxygen atoms in total. The monoisotopic (exact) mass is 365 g/mol. The average molecular weight is 365 g/mol. The third-order valence-electron chi connectivity index (χ3n) is 3.55. The number of hydrogen-bond acceptors (Lipinski definition) is 6. The molecule has 1 heterocycles. The van der Waals surface area contributed by atoms with Gasteiger partial charge in [-0.1, -0.05) is 12.1 Å². The summed E-state index contributed by atoms with van der Waals surface area (Å²) < 4.78 is 20.8. The Balaban J connectivity index is 1.87. The van der Waals surface area contributed by atoms with E-state index < -0.39 is 17.7 Å². The number of benzene rings is 1. The predicted molar refractivity (Wildman–Crippen MR) is 95.2 cm³/mol. The van der Waals surface area contributed by atoms with Crippen molar-refractivity contribution in [2.45, 2.75) is 51.9 Å². The summed E-state index contributed by atoms with van der Waals surface area (Å²) in [5, 5.41) is 2.87. The molecule has 0 bridgehead atoms. The lowest BCUT2D eigenvalue weighted by Gasteiger charge is -2.23. The zero-order valence-electron chi connectivity index (χ0n) is 15.7. The van der Waals surface area contributed by atoms with Crippen molar-refractivity contribution < 1.29 is 28.5 Å². The summed E-state index contributed by atoms with van der Waals surface area (Å²) in [6.45, 7) is 8.06. The van der Waals surface area contributed by atoms with Crippen LogP contribution in [0.25, 0.3) is 0 Å². The van der Waals surface area contributed by atoms with Crippen molar-refractivity contribution in [3.63, 3.8) is 0 Å². The van der Waals surface area contributed by atoms with Crippen molar-refractivity contribution >= 4 is 12.1 Å². The first-order valence-corrected chi connectivity index (χ1v) is 8.75. The fraction of sp³-hybridized carbons (Fsp3) is 0.579. The summed E-state index contributed by atoms with van der Waals surface area (Å²) >= 11 is 0. The van der Waals surface area contributed by atoms with E-state index in [2.05, 4.69) is 5.32 Å². The van der Waals surface area contributed by atoms with E-state index in [-0.39, 0.29) is 18.8 Å². The first-order chi connectivity index (χ1) is 12.3. The molecule has 1 aliphatic heterocycles. The minimum absolute atomic E-state index is 0.00209. The van der Waals surface area contributed by atoms with Crippen LogP contribution in [0.5, 0.6) is 5.75 Å². The van der Waals surface area contributed by atoms with E-state index in [1.165, 1.54) is 0 Å². The van der Waals surface area contributed by atoms with Gasteiger partial charge in [0, 0.05) is 0 Å². The number of hydrogen-bond donors (Lipinski definition) is 1. The Morgan fingerprint density at radius 2 is 1.92 bits per heavy atom. The zero-order chi connectivity index (χ0) is 19.2. The zero-order valence-corrected chi connectivity index (χ0v) is 15.7. The predicted octanol–water partition coefficient (Wildman–Crippen LogP) is 2.46. The average Bonchev–Trinajstić information content (AvgIpc) is 3.37. The quantitative estimate of drug-likeness (QED) is 0.563. The molecule has 2 rings (SSSR count). The highest BCUT2D eigenvalue weighted by molar-refractivity contribution is 5.71. The standard InChI is InChI=1S/C19H27NO6/c1-5-23-17(21)12-24-14-8-6-13(7-9-14)10-15(16-11-25-16)20-18(22)26-19(2,3)4/h6-9,15-16H,5,10-12H2,1-4H3,(H,20,22)/t15-,16+/m0/s1. The van der Waals surface area contributed by atoms with Crippen LogP contribution in [-0.4, -0.2) is 49.6 Å². The molecule has 1 saturated heterocycles. The molecule has 0 aromatic heterocycles. The number of alkyl carbamates (subject to hydrolysis) is 1. The van der Waals surface area contributed by atoms with E-state index in [0.717, 1.165) is 5.56 Å². The van der Waals surface area contributed by atoms with Gasteiger partial charge in [-0.15, -0.1) is 0 Å². The number of epoxide rings is 1. The maximum Gasteiger partial charge on any atom is 0.407 e. The second kappa shape index (κ2) is 8.89. The molecule has 7 heteroatoms. The molecule has 1 aliphatic rings. The maximum atomic E-state index is 12.0. The molecule has 1 amide bonds. The Morgan fingerprint density at radius 3 is 2.46 bits per heavy atom. The Bertz CT molecular complexity index is 603. The van der Waals surface area contributed by atoms with Crippen LogP contribution in [0.4, 0.5) is 4.79 Å². The molecule has 0 unspecified atom stereocenters. The van der Waals surface area contributed by atoms with Crippen LogP contribution in [0.1, 0.15) is 33.3 Å². The van der Waals surface area contributed by atoms with Gasteiger partial charge in [0.15, 0.2) is 6.61 Å². The fourth-order valence-electron chi connectivity index (χ4n) is 2.34. The molecule has 1 fully saturated rings. The molecule has 0 spiro atoms. The number of carbonyl (C=O) groups is 2. The van der Waals surface area contributed by atoms with Gasteiger partial charge >= 0.3 is 12.1 Å². The van der Waals surface area contributed by atoms with Gasteiger partial charge in [-0.3, -0.25) is 0 Å². The number of rotatable bonds is 8. The maximum absolute atomic E-state index is 12.0. The van der Waals surface area contributed by atoms with Crippen molar-refractivity contribution in [1.82, 2.24) is 5.32 Å². The van der Waals surface area contributed by atoms with Crippen molar-refractivity contribution in [2.75, 3.05) is 19.8 Å². The lowest BCUT2D eigenvalue weighted by Crippen LogP contribution is -2.43. The molecular weight excluding hydrogens is 338 g/mol. The number of carbonyl (C=O) groups excluding carboxylic acids is 2. The van der Waals surface area contributed by atoms with Gasteiger partial charge in [0.1, 0.15) is 17.5 Å². The summed E-state index contributed by atoms with van der Waals surface area (Å²) in [7, 11) is 0. The van der Waals surface area contributed by atoms with Crippen molar-refractivity contribution in [1.29, 1.82) is 0 Å². The fourth-order valence-corrected chi connectivity index (χ4v) is 2.34. The largest absolute Gasteiger partial charge is 0.482 e. The molecular formula is C19H27NO6. The van der Waals surface area contributed by atoms with Crippen molar-refractivity contribution in [2.24, 2.45) is 0 Å². The van der Waals surface area contributed by atoms with E-state index in [0.29, 0.717) is 25.4 Å². The van der Waals surface area contributed by atoms with Crippen molar-refractivity contribution in [3.8, 4) is 5.75 Å². The molecule has 0 radical (unpaired) electrons. The van der Waals surface area contributed by atoms with Gasteiger partial charge in [0.2, 0.25) is 0 Å². The third kappa shape index (κ3) is 7.31. The Morgan fingerprint density at radius 1 is 1.27 bits per heavy atom. The van der Waals surface area contributed by atoms with Gasteiger partial charge in [0.05, 0.1) is 19.3 Å². The molecule has 0 aliphatic carbocycles. The number of ether oxygens (including phenoxy) is 4. The lowest BCUT2D eigenvalue weighted by molar-refractivity contribution is -0.145. The topological polar surface area (TPSA) is 86.4 Å². The second-order valence-electron chi connectivity index (χ2n) is 7.07. The number of esters is 1. The minimum atomic E-state index is -0.545. The minimum Gasteiger partial charge on any atom is -0.482 e. The van der Waals surface area contributed by atoms with Gasteiger partial charge in [-0.2, -0.15) is 0 Å². The van der Waals surface area contributed by atoms with Crippen LogP contribution >= 0.6 is 0 Å². The summed E-state index contributed by atoms with van der Waals surface area (Å²) in [4.78, 5) is 23.3. The van der Waals surface area contributed by atoms with Crippen LogP contribution in [0, 0.1) is 0 Å². The van der Waals surface area contributed by atoms with Gasteiger partial charge in [-0.05, 0) is 51.8 Å². The summed E-state index contributed by atoms with van der Waals surface area (Å²) in [6.07, 6.45) is 0.164. The first-order valence-electron chi connectivity index (χ1n) is 8.75. The molecule has 144 valence electrons. The van der Waals surface area contributed by atoms with Gasteiger partial charge in [-0.25, -0.2) is 9.59 Å². The summed E-state index contributed by atoms with van der Waals surface area (Å²) in [5.41, 5.74) is 0.474. The Kier molecular flexibility index (Phi) is 6.85. The second-order valence-corrected chi connectivity index (χ2v) is 7.07. The SMILES string of the molecule is CCOC(=O)COc1ccc(C[C@H](NC(=O)OC(C)(C)C)[C@H]2CO2)cc1. The summed E-state index contributed by atoms with van der Waals surface area (Å²) in [6, 6.07) is 7.20.